The highest BCUT2D eigenvalue weighted by Gasteiger charge is 2.20. The molecule has 3 N–H and O–H groups in total. The van der Waals surface area contributed by atoms with Gasteiger partial charge in [0.15, 0.2) is 0 Å². The van der Waals surface area contributed by atoms with Gasteiger partial charge in [0, 0.05) is 4.47 Å². The van der Waals surface area contributed by atoms with Crippen LogP contribution in [0.1, 0.15) is 10.4 Å². The number of halogens is 1. The van der Waals surface area contributed by atoms with E-state index in [-0.39, 0.29) is 20.9 Å². The summed E-state index contributed by atoms with van der Waals surface area (Å²) < 4.78 is 26.5. The van der Waals surface area contributed by atoms with E-state index in [2.05, 4.69) is 35.8 Å². The minimum Gasteiger partial charge on any atom is -0.478 e. The number of benzene rings is 1. The van der Waals surface area contributed by atoms with Crippen molar-refractivity contribution in [1.82, 2.24) is 15.2 Å². The maximum Gasteiger partial charge on any atom is 0.335 e. The van der Waals surface area contributed by atoms with Crippen LogP contribution in [0.5, 0.6) is 0 Å². The second-order valence-corrected chi connectivity index (χ2v) is 5.90. The largest absolute Gasteiger partial charge is 0.478 e. The first-order valence-electron chi connectivity index (χ1n) is 4.81. The van der Waals surface area contributed by atoms with Gasteiger partial charge in [-0.1, -0.05) is 0 Å². The normalized spacial score (nSPS) is 11.2. The number of carboxylic acid groups (broad SMARTS) is 1. The van der Waals surface area contributed by atoms with Crippen molar-refractivity contribution in [2.75, 3.05) is 4.72 Å². The zero-order chi connectivity index (χ0) is 14.0. The van der Waals surface area contributed by atoms with Gasteiger partial charge in [0.05, 0.1) is 5.56 Å². The Kier molecular flexibility index (Phi) is 3.53. The van der Waals surface area contributed by atoms with Crippen LogP contribution in [0.2, 0.25) is 0 Å². The Balaban J connectivity index is 2.45. The predicted molar refractivity (Wildman–Crippen MR) is 68.3 cm³/mol. The lowest BCUT2D eigenvalue weighted by Gasteiger charge is -2.07. The van der Waals surface area contributed by atoms with Crippen LogP contribution in [0.3, 0.4) is 0 Å². The second-order valence-electron chi connectivity index (χ2n) is 3.39. The summed E-state index contributed by atoms with van der Waals surface area (Å²) in [5.74, 6) is -1.28. The number of nitrogens with one attached hydrogen (secondary N) is 2. The van der Waals surface area contributed by atoms with Crippen LogP contribution in [0.4, 0.5) is 5.95 Å². The van der Waals surface area contributed by atoms with Crippen molar-refractivity contribution in [2.45, 2.75) is 4.90 Å². The van der Waals surface area contributed by atoms with Gasteiger partial charge in [-0.15, -0.1) is 0 Å². The fourth-order valence-corrected chi connectivity index (χ4v) is 3.23. The molecule has 0 aliphatic heterocycles. The molecule has 1 aromatic heterocycles. The average Bonchev–Trinajstić information content (AvgIpc) is 2.81. The highest BCUT2D eigenvalue weighted by atomic mass is 79.9. The number of carbonyl (C=O) groups is 1. The van der Waals surface area contributed by atoms with Crippen molar-refractivity contribution in [1.29, 1.82) is 0 Å². The molecule has 10 heteroatoms. The van der Waals surface area contributed by atoms with E-state index >= 15 is 0 Å². The van der Waals surface area contributed by atoms with Gasteiger partial charge in [-0.3, -0.25) is 0 Å². The lowest BCUT2D eigenvalue weighted by Crippen LogP contribution is -2.15. The number of carboxylic acids is 1. The van der Waals surface area contributed by atoms with E-state index in [4.69, 9.17) is 5.11 Å². The summed E-state index contributed by atoms with van der Waals surface area (Å²) in [6.45, 7) is 0. The quantitative estimate of drug-likeness (QED) is 0.760. The Morgan fingerprint density at radius 1 is 1.42 bits per heavy atom. The first-order chi connectivity index (χ1) is 8.90. The third-order valence-electron chi connectivity index (χ3n) is 2.11. The standard InChI is InChI=1S/C9H7BrN4O4S/c10-6-2-1-5(8(15)16)3-7(6)19(17,18)14-9-11-4-12-13-9/h1-4H,(H,15,16)(H2,11,12,13,14). The zero-order valence-electron chi connectivity index (χ0n) is 9.16. The molecular weight excluding hydrogens is 340 g/mol. The van der Waals surface area contributed by atoms with Crippen LogP contribution < -0.4 is 4.72 Å². The van der Waals surface area contributed by atoms with Crippen LogP contribution in [-0.4, -0.2) is 34.7 Å². The third-order valence-corrected chi connectivity index (χ3v) is 4.45. The van der Waals surface area contributed by atoms with Crippen LogP contribution in [0.15, 0.2) is 33.9 Å². The summed E-state index contributed by atoms with van der Waals surface area (Å²) in [5, 5.41) is 14.7. The minimum atomic E-state index is -3.96. The van der Waals surface area contributed by atoms with Gasteiger partial charge in [-0.2, -0.15) is 10.1 Å². The van der Waals surface area contributed by atoms with Crippen molar-refractivity contribution >= 4 is 37.9 Å². The van der Waals surface area contributed by atoms with Crippen molar-refractivity contribution in [3.63, 3.8) is 0 Å². The van der Waals surface area contributed by atoms with Crippen molar-refractivity contribution in [3.05, 3.63) is 34.6 Å². The SMILES string of the molecule is O=C(O)c1ccc(Br)c(S(=O)(=O)Nc2ncn[nH]2)c1. The lowest BCUT2D eigenvalue weighted by molar-refractivity contribution is 0.0696. The van der Waals surface area contributed by atoms with Gasteiger partial charge < -0.3 is 5.11 Å². The van der Waals surface area contributed by atoms with E-state index in [0.29, 0.717) is 0 Å². The number of aromatic amines is 1. The van der Waals surface area contributed by atoms with E-state index in [1.165, 1.54) is 12.1 Å². The van der Waals surface area contributed by atoms with Gasteiger partial charge in [0.2, 0.25) is 5.95 Å². The molecule has 2 aromatic rings. The molecule has 0 spiro atoms. The van der Waals surface area contributed by atoms with Crippen LogP contribution in [-0.2, 0) is 10.0 Å². The average molecular weight is 347 g/mol. The molecule has 0 fully saturated rings. The van der Waals surface area contributed by atoms with Gasteiger partial charge >= 0.3 is 5.97 Å². The molecule has 2 rings (SSSR count). The number of H-pyrrole nitrogens is 1. The van der Waals surface area contributed by atoms with Crippen molar-refractivity contribution < 1.29 is 18.3 Å². The molecule has 0 saturated heterocycles. The number of nitrogens with zero attached hydrogens (tertiary/aromatic N) is 2. The van der Waals surface area contributed by atoms with E-state index in [1.54, 1.807) is 0 Å². The van der Waals surface area contributed by atoms with E-state index in [9.17, 15) is 13.2 Å². The van der Waals surface area contributed by atoms with Crippen LogP contribution >= 0.6 is 15.9 Å². The molecule has 19 heavy (non-hydrogen) atoms. The number of rotatable bonds is 4. The molecule has 100 valence electrons. The number of aromatic nitrogens is 3. The third kappa shape index (κ3) is 2.90. The molecule has 0 aliphatic carbocycles. The Labute approximate surface area is 116 Å². The summed E-state index contributed by atoms with van der Waals surface area (Å²) in [7, 11) is -3.96. The molecule has 1 aromatic carbocycles. The molecular formula is C9H7BrN4O4S. The Morgan fingerprint density at radius 3 is 2.74 bits per heavy atom. The van der Waals surface area contributed by atoms with Gasteiger partial charge in [0.25, 0.3) is 10.0 Å². The summed E-state index contributed by atoms with van der Waals surface area (Å²) in [5.41, 5.74) is -0.138. The fraction of sp³-hybridized carbons (Fsp3) is 0. The Morgan fingerprint density at radius 2 is 2.16 bits per heavy atom. The molecule has 0 bridgehead atoms. The number of hydrogen-bond donors (Lipinski definition) is 3. The maximum atomic E-state index is 12.1. The summed E-state index contributed by atoms with van der Waals surface area (Å²) in [4.78, 5) is 14.3. The Hall–Kier alpha value is -1.94. The molecule has 0 atom stereocenters. The predicted octanol–water partition coefficient (Wildman–Crippen LogP) is 1.07. The van der Waals surface area contributed by atoms with E-state index in [0.717, 1.165) is 12.4 Å². The number of hydrogen-bond acceptors (Lipinski definition) is 5. The highest BCUT2D eigenvalue weighted by molar-refractivity contribution is 9.10. The zero-order valence-corrected chi connectivity index (χ0v) is 11.6. The van der Waals surface area contributed by atoms with Gasteiger partial charge in [-0.25, -0.2) is 23.0 Å². The number of aromatic carboxylic acids is 1. The topological polar surface area (TPSA) is 125 Å². The number of sulfonamides is 1. The molecule has 0 unspecified atom stereocenters. The molecule has 0 aliphatic rings. The monoisotopic (exact) mass is 346 g/mol. The molecule has 0 radical (unpaired) electrons. The Bertz CT molecular complexity index is 714. The van der Waals surface area contributed by atoms with Crippen LogP contribution in [0.25, 0.3) is 0 Å². The molecule has 0 saturated carbocycles. The highest BCUT2D eigenvalue weighted by Crippen LogP contribution is 2.24. The molecule has 0 amide bonds. The summed E-state index contributed by atoms with van der Waals surface area (Å²) in [6.07, 6.45) is 1.14. The van der Waals surface area contributed by atoms with E-state index in [1.807, 2.05) is 0 Å². The lowest BCUT2D eigenvalue weighted by atomic mass is 10.2. The smallest absolute Gasteiger partial charge is 0.335 e. The minimum absolute atomic E-state index is 0.0624. The van der Waals surface area contributed by atoms with Gasteiger partial charge in [0.1, 0.15) is 11.2 Å². The summed E-state index contributed by atoms with van der Waals surface area (Å²) >= 11 is 3.06. The summed E-state index contributed by atoms with van der Waals surface area (Å²) in [6, 6.07) is 3.68. The van der Waals surface area contributed by atoms with Crippen LogP contribution in [0, 0.1) is 0 Å². The van der Waals surface area contributed by atoms with Gasteiger partial charge in [-0.05, 0) is 34.1 Å². The second kappa shape index (κ2) is 4.97. The van der Waals surface area contributed by atoms with Crippen molar-refractivity contribution in [3.8, 4) is 0 Å². The first kappa shape index (κ1) is 13.5. The fourth-order valence-electron chi connectivity index (χ4n) is 1.28. The molecule has 8 nitrogen and oxygen atoms in total. The number of anilines is 1. The first-order valence-corrected chi connectivity index (χ1v) is 7.09. The van der Waals surface area contributed by atoms with E-state index < -0.39 is 16.0 Å². The maximum absolute atomic E-state index is 12.1. The van der Waals surface area contributed by atoms with Crippen molar-refractivity contribution in [2.24, 2.45) is 0 Å². The molecule has 1 heterocycles.